The van der Waals surface area contributed by atoms with Gasteiger partial charge in [0.1, 0.15) is 6.04 Å². The van der Waals surface area contributed by atoms with Crippen molar-refractivity contribution in [3.05, 3.63) is 35.4 Å². The van der Waals surface area contributed by atoms with Crippen LogP contribution in [0, 0.1) is 24.2 Å². The number of nitrogens with one attached hydrogen (secondary N) is 1. The lowest BCUT2D eigenvalue weighted by Crippen LogP contribution is -2.50. The van der Waals surface area contributed by atoms with Crippen LogP contribution in [0.25, 0.3) is 0 Å². The summed E-state index contributed by atoms with van der Waals surface area (Å²) in [7, 11) is 1.65. The van der Waals surface area contributed by atoms with Crippen LogP contribution < -0.4 is 5.32 Å². The number of nitrogens with zero attached hydrogens (tertiary/aromatic N) is 2. The predicted octanol–water partition coefficient (Wildman–Crippen LogP) is 2.12. The Kier molecular flexibility index (Phi) is 6.58. The lowest BCUT2D eigenvalue weighted by molar-refractivity contribution is -0.132. The largest absolute Gasteiger partial charge is 0.343 e. The van der Waals surface area contributed by atoms with E-state index in [0.29, 0.717) is 12.1 Å². The molecular weight excluding hydrogens is 278 g/mol. The van der Waals surface area contributed by atoms with Gasteiger partial charge >= 0.3 is 0 Å². The van der Waals surface area contributed by atoms with Gasteiger partial charge in [-0.15, -0.1) is 0 Å². The van der Waals surface area contributed by atoms with E-state index in [1.54, 1.807) is 19.2 Å². The van der Waals surface area contributed by atoms with Gasteiger partial charge in [-0.1, -0.05) is 32.0 Å². The van der Waals surface area contributed by atoms with E-state index < -0.39 is 6.04 Å². The van der Waals surface area contributed by atoms with Crippen LogP contribution in [0.2, 0.25) is 0 Å². The number of carbonyl (C=O) groups is 2. The van der Waals surface area contributed by atoms with Crippen molar-refractivity contribution in [1.82, 2.24) is 10.2 Å². The van der Waals surface area contributed by atoms with Crippen molar-refractivity contribution in [3.63, 3.8) is 0 Å². The molecule has 0 bridgehead atoms. The van der Waals surface area contributed by atoms with Crippen molar-refractivity contribution in [2.24, 2.45) is 5.92 Å². The van der Waals surface area contributed by atoms with Crippen LogP contribution in [0.15, 0.2) is 24.3 Å². The fourth-order valence-corrected chi connectivity index (χ4v) is 2.13. The SMILES string of the molecule is Cc1ccccc1C(=O)NC(C(=O)N(C)CCC#N)C(C)C. The smallest absolute Gasteiger partial charge is 0.252 e. The molecule has 1 N–H and O–H groups in total. The minimum absolute atomic E-state index is 0.0370. The first-order valence-corrected chi connectivity index (χ1v) is 7.37. The van der Waals surface area contributed by atoms with Gasteiger partial charge in [-0.25, -0.2) is 0 Å². The van der Waals surface area contributed by atoms with Crippen LogP contribution in [0.4, 0.5) is 0 Å². The molecule has 0 saturated heterocycles. The monoisotopic (exact) mass is 301 g/mol. The molecule has 1 aromatic rings. The molecule has 0 heterocycles. The number of nitriles is 1. The molecule has 5 nitrogen and oxygen atoms in total. The zero-order valence-electron chi connectivity index (χ0n) is 13.6. The van der Waals surface area contributed by atoms with Gasteiger partial charge in [-0.2, -0.15) is 5.26 Å². The van der Waals surface area contributed by atoms with Crippen LogP contribution in [0.3, 0.4) is 0 Å². The first-order chi connectivity index (χ1) is 10.4. The van der Waals surface area contributed by atoms with Gasteiger partial charge in [-0.05, 0) is 24.5 Å². The molecule has 0 fully saturated rings. The van der Waals surface area contributed by atoms with E-state index in [1.165, 1.54) is 4.90 Å². The maximum Gasteiger partial charge on any atom is 0.252 e. The summed E-state index contributed by atoms with van der Waals surface area (Å²) in [6.45, 7) is 6.00. The summed E-state index contributed by atoms with van der Waals surface area (Å²) in [6, 6.07) is 8.68. The average molecular weight is 301 g/mol. The maximum absolute atomic E-state index is 12.4. The first kappa shape index (κ1) is 17.7. The lowest BCUT2D eigenvalue weighted by Gasteiger charge is -2.26. The number of aryl methyl sites for hydroxylation is 1. The number of hydrogen-bond donors (Lipinski definition) is 1. The van der Waals surface area contributed by atoms with Crippen LogP contribution in [0.5, 0.6) is 0 Å². The van der Waals surface area contributed by atoms with Crippen molar-refractivity contribution in [2.75, 3.05) is 13.6 Å². The quantitative estimate of drug-likeness (QED) is 0.874. The molecule has 0 spiro atoms. The molecule has 0 aliphatic rings. The molecule has 118 valence electrons. The number of likely N-dealkylation sites (N-methyl/N-ethyl adjacent to an activating group) is 1. The molecule has 5 heteroatoms. The molecule has 22 heavy (non-hydrogen) atoms. The number of benzene rings is 1. The highest BCUT2D eigenvalue weighted by molar-refractivity contribution is 5.98. The molecule has 0 aromatic heterocycles. The Morgan fingerprint density at radius 3 is 2.50 bits per heavy atom. The summed E-state index contributed by atoms with van der Waals surface area (Å²) in [4.78, 5) is 26.3. The molecular formula is C17H23N3O2. The highest BCUT2D eigenvalue weighted by atomic mass is 16.2. The molecule has 0 aliphatic carbocycles. The molecule has 1 atom stereocenters. The fourth-order valence-electron chi connectivity index (χ4n) is 2.13. The van der Waals surface area contributed by atoms with Crippen molar-refractivity contribution >= 4 is 11.8 Å². The van der Waals surface area contributed by atoms with E-state index in [-0.39, 0.29) is 24.2 Å². The van der Waals surface area contributed by atoms with E-state index in [1.807, 2.05) is 39.0 Å². The average Bonchev–Trinajstić information content (AvgIpc) is 2.49. The highest BCUT2D eigenvalue weighted by Gasteiger charge is 2.27. The van der Waals surface area contributed by atoms with Gasteiger partial charge in [-0.3, -0.25) is 9.59 Å². The Morgan fingerprint density at radius 1 is 1.32 bits per heavy atom. The van der Waals surface area contributed by atoms with E-state index in [4.69, 9.17) is 5.26 Å². The summed E-state index contributed by atoms with van der Waals surface area (Å²) < 4.78 is 0. The van der Waals surface area contributed by atoms with E-state index in [2.05, 4.69) is 5.32 Å². The van der Waals surface area contributed by atoms with Crippen molar-refractivity contribution < 1.29 is 9.59 Å². The zero-order valence-corrected chi connectivity index (χ0v) is 13.6. The normalized spacial score (nSPS) is 11.6. The molecule has 1 unspecified atom stereocenters. The predicted molar refractivity (Wildman–Crippen MR) is 85.1 cm³/mol. The third-order valence-electron chi connectivity index (χ3n) is 3.54. The third kappa shape index (κ3) is 4.59. The van der Waals surface area contributed by atoms with Gasteiger partial charge in [0.25, 0.3) is 5.91 Å². The molecule has 1 rings (SSSR count). The molecule has 0 saturated carbocycles. The first-order valence-electron chi connectivity index (χ1n) is 7.37. The summed E-state index contributed by atoms with van der Waals surface area (Å²) in [5, 5.41) is 11.4. The Balaban J connectivity index is 2.85. The zero-order chi connectivity index (χ0) is 16.7. The van der Waals surface area contributed by atoms with Crippen LogP contribution in [-0.4, -0.2) is 36.3 Å². The minimum atomic E-state index is -0.601. The summed E-state index contributed by atoms with van der Waals surface area (Å²) in [5.41, 5.74) is 1.44. The molecule has 1 aromatic carbocycles. The second-order valence-electron chi connectivity index (χ2n) is 5.68. The molecule has 0 aliphatic heterocycles. The maximum atomic E-state index is 12.4. The Labute approximate surface area is 131 Å². The Hall–Kier alpha value is -2.35. The number of rotatable bonds is 6. The van der Waals surface area contributed by atoms with Crippen LogP contribution >= 0.6 is 0 Å². The van der Waals surface area contributed by atoms with Crippen molar-refractivity contribution in [3.8, 4) is 6.07 Å². The number of carbonyl (C=O) groups excluding carboxylic acids is 2. The van der Waals surface area contributed by atoms with Crippen molar-refractivity contribution in [2.45, 2.75) is 33.2 Å². The van der Waals surface area contributed by atoms with Crippen LogP contribution in [-0.2, 0) is 4.79 Å². The van der Waals surface area contributed by atoms with Crippen LogP contribution in [0.1, 0.15) is 36.2 Å². The molecule has 0 radical (unpaired) electrons. The van der Waals surface area contributed by atoms with Gasteiger partial charge in [0.2, 0.25) is 5.91 Å². The number of hydrogen-bond acceptors (Lipinski definition) is 3. The standard InChI is InChI=1S/C17H23N3O2/c1-12(2)15(17(22)20(4)11-7-10-18)19-16(21)14-9-6-5-8-13(14)3/h5-6,8-9,12,15H,7,11H2,1-4H3,(H,19,21). The summed E-state index contributed by atoms with van der Waals surface area (Å²) in [6.07, 6.45) is 0.277. The van der Waals surface area contributed by atoms with Gasteiger partial charge in [0, 0.05) is 19.2 Å². The van der Waals surface area contributed by atoms with Gasteiger partial charge < -0.3 is 10.2 Å². The van der Waals surface area contributed by atoms with Crippen molar-refractivity contribution in [1.29, 1.82) is 5.26 Å². The molecule has 2 amide bonds. The highest BCUT2D eigenvalue weighted by Crippen LogP contribution is 2.10. The summed E-state index contributed by atoms with van der Waals surface area (Å²) in [5.74, 6) is -0.462. The minimum Gasteiger partial charge on any atom is -0.343 e. The lowest BCUT2D eigenvalue weighted by atomic mass is 10.0. The number of amides is 2. The second-order valence-corrected chi connectivity index (χ2v) is 5.68. The third-order valence-corrected chi connectivity index (χ3v) is 3.54. The van der Waals surface area contributed by atoms with E-state index >= 15 is 0 Å². The van der Waals surface area contributed by atoms with Gasteiger partial charge in [0.05, 0.1) is 12.5 Å². The topological polar surface area (TPSA) is 73.2 Å². The van der Waals surface area contributed by atoms with E-state index in [9.17, 15) is 9.59 Å². The fraction of sp³-hybridized carbons (Fsp3) is 0.471. The summed E-state index contributed by atoms with van der Waals surface area (Å²) >= 11 is 0. The van der Waals surface area contributed by atoms with E-state index in [0.717, 1.165) is 5.56 Å². The Bertz CT molecular complexity index is 576. The second kappa shape index (κ2) is 8.18. The van der Waals surface area contributed by atoms with Gasteiger partial charge in [0.15, 0.2) is 0 Å². The Morgan fingerprint density at radius 2 is 1.95 bits per heavy atom.